The van der Waals surface area contributed by atoms with Gasteiger partial charge in [0, 0.05) is 31.8 Å². The monoisotopic (exact) mass is 597 g/mol. The maximum atomic E-state index is 13.1. The highest BCUT2D eigenvalue weighted by Gasteiger charge is 2.34. The highest BCUT2D eigenvalue weighted by atomic mass is 35.5. The molecule has 3 aromatic rings. The van der Waals surface area contributed by atoms with Crippen molar-refractivity contribution in [3.8, 4) is 0 Å². The number of nitrogens with one attached hydrogen (secondary N) is 2. The molecule has 40 heavy (non-hydrogen) atoms. The quantitative estimate of drug-likeness (QED) is 0.342. The second-order valence-electron chi connectivity index (χ2n) is 9.05. The Morgan fingerprint density at radius 3 is 2.52 bits per heavy atom. The summed E-state index contributed by atoms with van der Waals surface area (Å²) >= 11 is 6.51. The van der Waals surface area contributed by atoms with E-state index in [0.29, 0.717) is 42.8 Å². The van der Waals surface area contributed by atoms with Crippen LogP contribution in [0.4, 0.5) is 24.8 Å². The van der Waals surface area contributed by atoms with Gasteiger partial charge < -0.3 is 20.6 Å². The zero-order valence-electron chi connectivity index (χ0n) is 20.9. The molecule has 2 amide bonds. The highest BCUT2D eigenvalue weighted by molar-refractivity contribution is 7.13. The molecule has 4 heterocycles. The Kier molecular flexibility index (Phi) is 8.83. The molecule has 11 nitrogen and oxygen atoms in total. The molecule has 1 aliphatic heterocycles. The SMILES string of the molecule is C[C@@H](NC(=O)c1cc(N2CCC(CC(=O)O)CC2)ncn1)c1ncc(C(=O)Nc2cc(C(F)(F)F)c(Cl)cn2)s1. The Morgan fingerprint density at radius 2 is 1.85 bits per heavy atom. The van der Waals surface area contributed by atoms with Crippen LogP contribution in [0.1, 0.15) is 63.0 Å². The standard InChI is InChI=1S/C24H23ClF3N7O4S/c1-12(23-30-10-17(40-23)22(39)34-18-7-14(24(26,27)28)15(25)9-29-18)33-21(38)16-8-19(32-11-31-16)35-4-2-13(3-5-35)6-20(36)37/h7-13H,2-6H2,1H3,(H,33,38)(H,36,37)(H,29,34,39)/t12-/m1/s1. The maximum absolute atomic E-state index is 13.1. The van der Waals surface area contributed by atoms with Gasteiger partial charge in [-0.3, -0.25) is 14.4 Å². The van der Waals surface area contributed by atoms with E-state index < -0.39 is 40.6 Å². The van der Waals surface area contributed by atoms with Crippen LogP contribution in [0.15, 0.2) is 30.9 Å². The molecule has 16 heteroatoms. The summed E-state index contributed by atoms with van der Waals surface area (Å²) in [6.07, 6.45) is 0.136. The predicted molar refractivity (Wildman–Crippen MR) is 139 cm³/mol. The van der Waals surface area contributed by atoms with Crippen LogP contribution in [0.5, 0.6) is 0 Å². The lowest BCUT2D eigenvalue weighted by molar-refractivity contribution is -0.138. The van der Waals surface area contributed by atoms with E-state index in [0.717, 1.165) is 17.5 Å². The Bertz CT molecular complexity index is 1410. The summed E-state index contributed by atoms with van der Waals surface area (Å²) in [6.45, 7) is 2.88. The van der Waals surface area contributed by atoms with E-state index in [-0.39, 0.29) is 28.7 Å². The number of amides is 2. The van der Waals surface area contributed by atoms with Gasteiger partial charge in [0.15, 0.2) is 0 Å². The summed E-state index contributed by atoms with van der Waals surface area (Å²) in [5.41, 5.74) is -1.01. The third-order valence-corrected chi connectivity index (χ3v) is 7.63. The molecule has 212 valence electrons. The third-order valence-electron chi connectivity index (χ3n) is 6.15. The Balaban J connectivity index is 1.36. The Hall–Kier alpha value is -3.85. The molecule has 3 aromatic heterocycles. The number of alkyl halides is 3. The minimum atomic E-state index is -4.71. The van der Waals surface area contributed by atoms with Crippen LogP contribution < -0.4 is 15.5 Å². The number of aromatic nitrogens is 4. The van der Waals surface area contributed by atoms with Gasteiger partial charge in [0.2, 0.25) is 0 Å². The smallest absolute Gasteiger partial charge is 0.418 e. The number of pyridine rings is 1. The van der Waals surface area contributed by atoms with Crippen LogP contribution in [0.3, 0.4) is 0 Å². The normalized spacial score (nSPS) is 15.0. The number of hydrogen-bond donors (Lipinski definition) is 3. The average Bonchev–Trinajstić information content (AvgIpc) is 3.40. The summed E-state index contributed by atoms with van der Waals surface area (Å²) in [4.78, 5) is 54.6. The van der Waals surface area contributed by atoms with Crippen molar-refractivity contribution in [2.24, 2.45) is 5.92 Å². The van der Waals surface area contributed by atoms with Gasteiger partial charge in [0.05, 0.1) is 22.8 Å². The second kappa shape index (κ2) is 12.1. The van der Waals surface area contributed by atoms with Crippen molar-refractivity contribution in [3.63, 3.8) is 0 Å². The van der Waals surface area contributed by atoms with Crippen molar-refractivity contribution in [1.82, 2.24) is 25.3 Å². The van der Waals surface area contributed by atoms with Crippen molar-refractivity contribution in [1.29, 1.82) is 0 Å². The lowest BCUT2D eigenvalue weighted by Crippen LogP contribution is -2.35. The van der Waals surface area contributed by atoms with Gasteiger partial charge >= 0.3 is 12.1 Å². The number of carboxylic acid groups (broad SMARTS) is 1. The number of hydrogen-bond acceptors (Lipinski definition) is 9. The second-order valence-corrected chi connectivity index (χ2v) is 10.5. The van der Waals surface area contributed by atoms with Gasteiger partial charge in [-0.15, -0.1) is 11.3 Å². The fraction of sp³-hybridized carbons (Fsp3) is 0.375. The van der Waals surface area contributed by atoms with E-state index in [4.69, 9.17) is 16.7 Å². The summed E-state index contributed by atoms with van der Waals surface area (Å²) in [6, 6.07) is 1.57. The number of rotatable bonds is 8. The van der Waals surface area contributed by atoms with Gasteiger partial charge in [-0.05, 0) is 31.7 Å². The molecular formula is C24H23ClF3N7O4S. The number of piperidine rings is 1. The first kappa shape index (κ1) is 29.1. The first-order valence-electron chi connectivity index (χ1n) is 12.0. The lowest BCUT2D eigenvalue weighted by Gasteiger charge is -2.32. The number of carbonyl (C=O) groups is 3. The molecule has 1 fully saturated rings. The van der Waals surface area contributed by atoms with Crippen LogP contribution in [0.25, 0.3) is 0 Å². The number of anilines is 2. The Morgan fingerprint density at radius 1 is 1.12 bits per heavy atom. The molecule has 4 rings (SSSR count). The number of nitrogens with zero attached hydrogens (tertiary/aromatic N) is 5. The third kappa shape index (κ3) is 7.21. The molecule has 1 saturated heterocycles. The summed E-state index contributed by atoms with van der Waals surface area (Å²) in [7, 11) is 0. The predicted octanol–water partition coefficient (Wildman–Crippen LogP) is 4.43. The van der Waals surface area contributed by atoms with Crippen molar-refractivity contribution < 1.29 is 32.7 Å². The van der Waals surface area contributed by atoms with Crippen molar-refractivity contribution in [2.75, 3.05) is 23.3 Å². The van der Waals surface area contributed by atoms with E-state index in [1.807, 2.05) is 4.90 Å². The first-order valence-corrected chi connectivity index (χ1v) is 13.2. The van der Waals surface area contributed by atoms with E-state index in [1.165, 1.54) is 12.5 Å². The number of halogens is 4. The average molecular weight is 598 g/mol. The maximum Gasteiger partial charge on any atom is 0.418 e. The van der Waals surface area contributed by atoms with E-state index in [1.54, 1.807) is 13.0 Å². The first-order chi connectivity index (χ1) is 18.9. The molecule has 0 aliphatic carbocycles. The zero-order valence-corrected chi connectivity index (χ0v) is 22.5. The molecule has 0 radical (unpaired) electrons. The van der Waals surface area contributed by atoms with Crippen LogP contribution in [0, 0.1) is 5.92 Å². The van der Waals surface area contributed by atoms with Crippen LogP contribution >= 0.6 is 22.9 Å². The summed E-state index contributed by atoms with van der Waals surface area (Å²) in [5.74, 6) is -1.71. The fourth-order valence-corrected chi connectivity index (χ4v) is 5.11. The largest absolute Gasteiger partial charge is 0.481 e. The molecule has 3 N–H and O–H groups in total. The van der Waals surface area contributed by atoms with E-state index in [2.05, 4.69) is 30.6 Å². The van der Waals surface area contributed by atoms with Gasteiger partial charge in [-0.1, -0.05) is 11.6 Å². The molecule has 0 saturated carbocycles. The van der Waals surface area contributed by atoms with Crippen molar-refractivity contribution in [2.45, 2.75) is 38.4 Å². The van der Waals surface area contributed by atoms with Crippen molar-refractivity contribution >= 4 is 52.4 Å². The minimum Gasteiger partial charge on any atom is -0.481 e. The molecule has 0 bridgehead atoms. The molecule has 0 spiro atoms. The summed E-state index contributed by atoms with van der Waals surface area (Å²) < 4.78 is 39.2. The van der Waals surface area contributed by atoms with Crippen LogP contribution in [-0.2, 0) is 11.0 Å². The summed E-state index contributed by atoms with van der Waals surface area (Å²) in [5, 5.41) is 13.8. The molecule has 0 aromatic carbocycles. The van der Waals surface area contributed by atoms with Gasteiger partial charge in [-0.2, -0.15) is 13.2 Å². The number of carboxylic acids is 1. The van der Waals surface area contributed by atoms with Gasteiger partial charge in [0.25, 0.3) is 11.8 Å². The minimum absolute atomic E-state index is 0.0945. The van der Waals surface area contributed by atoms with Crippen LogP contribution in [0.2, 0.25) is 5.02 Å². The van der Waals surface area contributed by atoms with E-state index in [9.17, 15) is 27.6 Å². The lowest BCUT2D eigenvalue weighted by atomic mass is 9.93. The topological polar surface area (TPSA) is 150 Å². The number of aliphatic carboxylic acids is 1. The number of thiazole rings is 1. The van der Waals surface area contributed by atoms with E-state index >= 15 is 0 Å². The van der Waals surface area contributed by atoms with Crippen LogP contribution in [-0.4, -0.2) is 55.9 Å². The molecule has 1 atom stereocenters. The number of carbonyl (C=O) groups excluding carboxylic acids is 2. The molecule has 1 aliphatic rings. The van der Waals surface area contributed by atoms with Gasteiger partial charge in [-0.25, -0.2) is 19.9 Å². The highest BCUT2D eigenvalue weighted by Crippen LogP contribution is 2.35. The zero-order chi connectivity index (χ0) is 29.0. The van der Waals surface area contributed by atoms with Crippen molar-refractivity contribution in [3.05, 3.63) is 57.0 Å². The van der Waals surface area contributed by atoms with Gasteiger partial charge in [0.1, 0.15) is 33.5 Å². The molecule has 0 unspecified atom stereocenters. The Labute approximate surface area is 234 Å². The molecular weight excluding hydrogens is 575 g/mol. The fourth-order valence-electron chi connectivity index (χ4n) is 4.08.